The van der Waals surface area contributed by atoms with Gasteiger partial charge in [-0.1, -0.05) is 6.07 Å². The molecule has 2 aliphatic rings. The zero-order chi connectivity index (χ0) is 18.6. The van der Waals surface area contributed by atoms with Crippen LogP contribution >= 0.6 is 0 Å². The first-order valence-electron chi connectivity index (χ1n) is 9.55. The van der Waals surface area contributed by atoms with Crippen LogP contribution in [-0.2, 0) is 11.3 Å². The molecule has 6 nitrogen and oxygen atoms in total. The Morgan fingerprint density at radius 1 is 1.15 bits per heavy atom. The molecule has 1 aromatic carbocycles. The molecule has 1 amide bonds. The van der Waals surface area contributed by atoms with E-state index in [9.17, 15) is 4.79 Å². The molecular formula is C21H25NO5. The molecule has 144 valence electrons. The predicted molar refractivity (Wildman–Crippen MR) is 98.8 cm³/mol. The number of rotatable bonds is 6. The second kappa shape index (κ2) is 7.94. The highest BCUT2D eigenvalue weighted by atomic mass is 16.6. The first-order valence-corrected chi connectivity index (χ1v) is 9.55. The van der Waals surface area contributed by atoms with Crippen LogP contribution in [-0.4, -0.2) is 30.8 Å². The Balaban J connectivity index is 1.44. The van der Waals surface area contributed by atoms with E-state index >= 15 is 0 Å². The van der Waals surface area contributed by atoms with Crippen molar-refractivity contribution in [3.63, 3.8) is 0 Å². The molecule has 2 aromatic rings. The number of cyclic esters (lactones) is 1. The summed E-state index contributed by atoms with van der Waals surface area (Å²) in [7, 11) is 1.64. The molecule has 1 aliphatic heterocycles. The summed E-state index contributed by atoms with van der Waals surface area (Å²) in [6, 6.07) is 9.46. The molecular weight excluding hydrogens is 346 g/mol. The van der Waals surface area contributed by atoms with Crippen LogP contribution in [0.4, 0.5) is 4.79 Å². The largest absolute Gasteiger partial charge is 0.493 e. The van der Waals surface area contributed by atoms with E-state index in [1.807, 2.05) is 30.3 Å². The van der Waals surface area contributed by atoms with E-state index in [1.54, 1.807) is 18.3 Å². The number of carbonyl (C=O) groups excluding carboxylic acids is 1. The minimum absolute atomic E-state index is 0.242. The van der Waals surface area contributed by atoms with Crippen LogP contribution in [0.15, 0.2) is 41.0 Å². The number of benzene rings is 1. The molecule has 1 unspecified atom stereocenters. The first kappa shape index (κ1) is 17.8. The molecule has 1 aliphatic carbocycles. The maximum absolute atomic E-state index is 12.4. The quantitative estimate of drug-likeness (QED) is 0.737. The maximum Gasteiger partial charge on any atom is 0.410 e. The van der Waals surface area contributed by atoms with Crippen LogP contribution in [0.3, 0.4) is 0 Å². The highest BCUT2D eigenvalue weighted by Gasteiger charge is 2.29. The number of ether oxygens (including phenoxy) is 3. The average molecular weight is 371 g/mol. The lowest BCUT2D eigenvalue weighted by Crippen LogP contribution is -2.38. The number of methoxy groups -OCH3 is 1. The molecule has 0 radical (unpaired) electrons. The van der Waals surface area contributed by atoms with E-state index in [2.05, 4.69) is 0 Å². The van der Waals surface area contributed by atoms with Gasteiger partial charge in [0, 0.05) is 13.0 Å². The van der Waals surface area contributed by atoms with Gasteiger partial charge in [-0.3, -0.25) is 0 Å². The molecule has 1 aromatic heterocycles. The third kappa shape index (κ3) is 4.04. The van der Waals surface area contributed by atoms with Crippen molar-refractivity contribution in [2.24, 2.45) is 0 Å². The molecule has 0 N–H and O–H groups in total. The number of furan rings is 1. The molecule has 0 spiro atoms. The summed E-state index contributed by atoms with van der Waals surface area (Å²) in [5.41, 5.74) is 0.940. The Labute approximate surface area is 159 Å². The fourth-order valence-corrected chi connectivity index (χ4v) is 3.76. The van der Waals surface area contributed by atoms with E-state index in [-0.39, 0.29) is 18.3 Å². The smallest absolute Gasteiger partial charge is 0.410 e. The summed E-state index contributed by atoms with van der Waals surface area (Å²) in [6.45, 7) is 1.05. The van der Waals surface area contributed by atoms with Crippen LogP contribution in [0, 0.1) is 0 Å². The highest BCUT2D eigenvalue weighted by molar-refractivity contribution is 5.68. The summed E-state index contributed by atoms with van der Waals surface area (Å²) in [5.74, 6) is 2.20. The number of carbonyl (C=O) groups is 1. The van der Waals surface area contributed by atoms with Gasteiger partial charge in [-0.25, -0.2) is 4.79 Å². The summed E-state index contributed by atoms with van der Waals surface area (Å²) in [4.78, 5) is 14.1. The third-order valence-electron chi connectivity index (χ3n) is 5.24. The molecule has 0 bridgehead atoms. The van der Waals surface area contributed by atoms with Gasteiger partial charge in [-0.2, -0.15) is 0 Å². The van der Waals surface area contributed by atoms with Crippen LogP contribution in [0.1, 0.15) is 49.5 Å². The minimum atomic E-state index is -0.322. The van der Waals surface area contributed by atoms with Gasteiger partial charge >= 0.3 is 6.09 Å². The average Bonchev–Trinajstić information content (AvgIpc) is 3.37. The summed E-state index contributed by atoms with van der Waals surface area (Å²) in [6.07, 6.45) is 6.54. The van der Waals surface area contributed by atoms with Gasteiger partial charge in [-0.05, 0) is 55.5 Å². The van der Waals surface area contributed by atoms with E-state index < -0.39 is 0 Å². The lowest BCUT2D eigenvalue weighted by Gasteiger charge is -2.31. The zero-order valence-corrected chi connectivity index (χ0v) is 15.6. The van der Waals surface area contributed by atoms with Gasteiger partial charge in [0.15, 0.2) is 11.5 Å². The molecule has 1 atom stereocenters. The molecule has 2 heterocycles. The second-order valence-electron chi connectivity index (χ2n) is 7.10. The fraction of sp³-hybridized carbons (Fsp3) is 0.476. The second-order valence-corrected chi connectivity index (χ2v) is 7.10. The molecule has 6 heteroatoms. The summed E-state index contributed by atoms with van der Waals surface area (Å²) >= 11 is 0. The van der Waals surface area contributed by atoms with E-state index in [0.717, 1.165) is 36.3 Å². The lowest BCUT2D eigenvalue weighted by molar-refractivity contribution is 0.0196. The monoisotopic (exact) mass is 371 g/mol. The number of nitrogens with zero attached hydrogens (tertiary/aromatic N) is 1. The predicted octanol–water partition coefficient (Wildman–Crippen LogP) is 4.69. The lowest BCUT2D eigenvalue weighted by atomic mass is 10.0. The van der Waals surface area contributed by atoms with Crippen molar-refractivity contribution < 1.29 is 23.4 Å². The number of amides is 1. The Morgan fingerprint density at radius 3 is 2.70 bits per heavy atom. The van der Waals surface area contributed by atoms with Gasteiger partial charge in [-0.15, -0.1) is 0 Å². The summed E-state index contributed by atoms with van der Waals surface area (Å²) < 4.78 is 22.6. The third-order valence-corrected chi connectivity index (χ3v) is 5.24. The van der Waals surface area contributed by atoms with Gasteiger partial charge in [0.1, 0.15) is 11.9 Å². The normalized spacial score (nSPS) is 20.6. The number of hydrogen-bond donors (Lipinski definition) is 0. The van der Waals surface area contributed by atoms with Crippen LogP contribution in [0.2, 0.25) is 0 Å². The van der Waals surface area contributed by atoms with Crippen LogP contribution in [0.5, 0.6) is 11.5 Å². The molecule has 4 rings (SSSR count). The fourth-order valence-electron chi connectivity index (χ4n) is 3.76. The van der Waals surface area contributed by atoms with Crippen molar-refractivity contribution in [3.8, 4) is 11.5 Å². The standard InChI is InChI=1S/C21H25NO5/c1-24-19-9-8-15(13-20(19)26-16-5-2-3-6-16)18-10-11-22(21(23)27-18)14-17-7-4-12-25-17/h4,7-9,12-13,16,18H,2-3,5-6,10-11,14H2,1H3. The zero-order valence-electron chi connectivity index (χ0n) is 15.6. The molecule has 27 heavy (non-hydrogen) atoms. The van der Waals surface area contributed by atoms with Gasteiger partial charge in [0.05, 0.1) is 26.0 Å². The van der Waals surface area contributed by atoms with Crippen LogP contribution < -0.4 is 9.47 Å². The maximum atomic E-state index is 12.4. The Hall–Kier alpha value is -2.63. The van der Waals surface area contributed by atoms with Gasteiger partial charge in [0.25, 0.3) is 0 Å². The number of hydrogen-bond acceptors (Lipinski definition) is 5. The first-order chi connectivity index (χ1) is 13.2. The molecule has 1 saturated carbocycles. The SMILES string of the molecule is COc1ccc(C2CCN(Cc3ccco3)C(=O)O2)cc1OC1CCCC1. The van der Waals surface area contributed by atoms with E-state index in [1.165, 1.54) is 12.8 Å². The van der Waals surface area contributed by atoms with Crippen LogP contribution in [0.25, 0.3) is 0 Å². The van der Waals surface area contributed by atoms with Crippen molar-refractivity contribution in [2.45, 2.75) is 50.9 Å². The van der Waals surface area contributed by atoms with Crippen molar-refractivity contribution in [2.75, 3.05) is 13.7 Å². The van der Waals surface area contributed by atoms with Gasteiger partial charge < -0.3 is 23.5 Å². The Bertz CT molecular complexity index is 767. The van der Waals surface area contributed by atoms with Crippen molar-refractivity contribution in [1.82, 2.24) is 4.90 Å². The van der Waals surface area contributed by atoms with Crippen molar-refractivity contribution >= 4 is 6.09 Å². The summed E-state index contributed by atoms with van der Waals surface area (Å²) in [5, 5.41) is 0. The minimum Gasteiger partial charge on any atom is -0.493 e. The topological polar surface area (TPSA) is 61.1 Å². The van der Waals surface area contributed by atoms with Crippen molar-refractivity contribution in [1.29, 1.82) is 0 Å². The highest BCUT2D eigenvalue weighted by Crippen LogP contribution is 2.36. The van der Waals surface area contributed by atoms with Crippen molar-refractivity contribution in [3.05, 3.63) is 47.9 Å². The van der Waals surface area contributed by atoms with E-state index in [4.69, 9.17) is 18.6 Å². The molecule has 1 saturated heterocycles. The Kier molecular flexibility index (Phi) is 5.23. The Morgan fingerprint density at radius 2 is 2.00 bits per heavy atom. The van der Waals surface area contributed by atoms with E-state index in [0.29, 0.717) is 18.8 Å². The van der Waals surface area contributed by atoms with Gasteiger partial charge in [0.2, 0.25) is 0 Å². The molecule has 2 fully saturated rings.